The van der Waals surface area contributed by atoms with Crippen LogP contribution in [0.1, 0.15) is 25.3 Å². The standard InChI is InChI=1S/C15H23FN2O3S/c1-3-10-17-15(19)9-12-18(22(2,20)21)11-8-13-6-4-5-7-14(13)16/h4-7H,3,8-12H2,1-2H3,(H,17,19). The van der Waals surface area contributed by atoms with E-state index in [1.807, 2.05) is 6.92 Å². The minimum Gasteiger partial charge on any atom is -0.356 e. The first-order chi connectivity index (χ1) is 10.3. The number of benzene rings is 1. The first-order valence-electron chi connectivity index (χ1n) is 7.29. The fourth-order valence-corrected chi connectivity index (χ4v) is 2.81. The third kappa shape index (κ3) is 6.53. The second-order valence-electron chi connectivity index (χ2n) is 5.10. The van der Waals surface area contributed by atoms with E-state index in [0.29, 0.717) is 12.1 Å². The van der Waals surface area contributed by atoms with Gasteiger partial charge in [0.2, 0.25) is 15.9 Å². The van der Waals surface area contributed by atoms with Crippen molar-refractivity contribution >= 4 is 15.9 Å². The molecule has 7 heteroatoms. The molecule has 0 atom stereocenters. The molecule has 1 aromatic carbocycles. The summed E-state index contributed by atoms with van der Waals surface area (Å²) in [5, 5.41) is 2.70. The molecule has 0 aromatic heterocycles. The first kappa shape index (κ1) is 18.6. The van der Waals surface area contributed by atoms with Gasteiger partial charge in [-0.3, -0.25) is 4.79 Å². The van der Waals surface area contributed by atoms with Crippen LogP contribution in [0, 0.1) is 5.82 Å². The van der Waals surface area contributed by atoms with E-state index in [-0.39, 0.29) is 37.7 Å². The van der Waals surface area contributed by atoms with Gasteiger partial charge in [0.1, 0.15) is 5.82 Å². The summed E-state index contributed by atoms with van der Waals surface area (Å²) >= 11 is 0. The van der Waals surface area contributed by atoms with Crippen LogP contribution in [-0.4, -0.2) is 44.5 Å². The van der Waals surface area contributed by atoms with Crippen LogP contribution in [0.4, 0.5) is 4.39 Å². The highest BCUT2D eigenvalue weighted by Gasteiger charge is 2.18. The average molecular weight is 330 g/mol. The van der Waals surface area contributed by atoms with Gasteiger partial charge < -0.3 is 5.32 Å². The Morgan fingerprint density at radius 1 is 1.27 bits per heavy atom. The van der Waals surface area contributed by atoms with Crippen LogP contribution in [-0.2, 0) is 21.2 Å². The van der Waals surface area contributed by atoms with Crippen LogP contribution < -0.4 is 5.32 Å². The maximum Gasteiger partial charge on any atom is 0.221 e. The zero-order chi connectivity index (χ0) is 16.6. The van der Waals surface area contributed by atoms with Crippen molar-refractivity contribution in [1.29, 1.82) is 0 Å². The maximum atomic E-state index is 13.6. The van der Waals surface area contributed by atoms with E-state index in [1.165, 1.54) is 10.4 Å². The molecule has 0 aliphatic rings. The fraction of sp³-hybridized carbons (Fsp3) is 0.533. The summed E-state index contributed by atoms with van der Waals surface area (Å²) in [7, 11) is -3.43. The van der Waals surface area contributed by atoms with Gasteiger partial charge in [0.15, 0.2) is 0 Å². The number of nitrogens with zero attached hydrogens (tertiary/aromatic N) is 1. The fourth-order valence-electron chi connectivity index (χ4n) is 1.97. The van der Waals surface area contributed by atoms with Crippen LogP contribution in [0.3, 0.4) is 0 Å². The lowest BCUT2D eigenvalue weighted by atomic mass is 10.1. The molecule has 1 aromatic rings. The van der Waals surface area contributed by atoms with Crippen molar-refractivity contribution in [1.82, 2.24) is 9.62 Å². The number of rotatable bonds is 9. The Hall–Kier alpha value is -1.47. The zero-order valence-electron chi connectivity index (χ0n) is 13.0. The van der Waals surface area contributed by atoms with Gasteiger partial charge in [0, 0.05) is 26.1 Å². The zero-order valence-corrected chi connectivity index (χ0v) is 13.8. The summed E-state index contributed by atoms with van der Waals surface area (Å²) in [5.74, 6) is -0.530. The van der Waals surface area contributed by atoms with Crippen LogP contribution in [0.25, 0.3) is 0 Å². The number of hydrogen-bond donors (Lipinski definition) is 1. The number of halogens is 1. The van der Waals surface area contributed by atoms with Gasteiger partial charge in [-0.15, -0.1) is 0 Å². The summed E-state index contributed by atoms with van der Waals surface area (Å²) in [4.78, 5) is 11.6. The van der Waals surface area contributed by atoms with Gasteiger partial charge in [-0.1, -0.05) is 25.1 Å². The third-order valence-electron chi connectivity index (χ3n) is 3.22. The highest BCUT2D eigenvalue weighted by atomic mass is 32.2. The predicted octanol–water partition coefficient (Wildman–Crippen LogP) is 1.55. The smallest absolute Gasteiger partial charge is 0.221 e. The molecule has 1 N–H and O–H groups in total. The molecular formula is C15H23FN2O3S. The third-order valence-corrected chi connectivity index (χ3v) is 4.52. The number of carbonyl (C=O) groups is 1. The van der Waals surface area contributed by atoms with Gasteiger partial charge in [-0.25, -0.2) is 17.1 Å². The van der Waals surface area contributed by atoms with Crippen molar-refractivity contribution in [2.45, 2.75) is 26.2 Å². The van der Waals surface area contributed by atoms with Crippen molar-refractivity contribution in [3.63, 3.8) is 0 Å². The van der Waals surface area contributed by atoms with Gasteiger partial charge >= 0.3 is 0 Å². The van der Waals surface area contributed by atoms with Crippen molar-refractivity contribution < 1.29 is 17.6 Å². The Bertz CT molecular complexity index is 590. The number of nitrogens with one attached hydrogen (secondary N) is 1. The van der Waals surface area contributed by atoms with Gasteiger partial charge in [0.25, 0.3) is 0 Å². The lowest BCUT2D eigenvalue weighted by molar-refractivity contribution is -0.121. The minimum atomic E-state index is -3.43. The Kier molecular flexibility index (Phi) is 7.47. The molecule has 124 valence electrons. The number of carbonyl (C=O) groups excluding carboxylic acids is 1. The molecule has 22 heavy (non-hydrogen) atoms. The summed E-state index contributed by atoms with van der Waals surface area (Å²) in [6.07, 6.45) is 2.30. The van der Waals surface area contributed by atoms with Gasteiger partial charge in [0.05, 0.1) is 6.26 Å². The maximum absolute atomic E-state index is 13.6. The van der Waals surface area contributed by atoms with E-state index >= 15 is 0 Å². The molecule has 0 aliphatic heterocycles. The second kappa shape index (κ2) is 8.85. The van der Waals surface area contributed by atoms with E-state index in [1.54, 1.807) is 18.2 Å². The first-order valence-corrected chi connectivity index (χ1v) is 9.14. The molecular weight excluding hydrogens is 307 g/mol. The molecule has 0 saturated carbocycles. The normalized spacial score (nSPS) is 11.6. The average Bonchev–Trinajstić information content (AvgIpc) is 2.45. The van der Waals surface area contributed by atoms with Crippen LogP contribution in [0.15, 0.2) is 24.3 Å². The molecule has 0 bridgehead atoms. The summed E-state index contributed by atoms with van der Waals surface area (Å²) in [5.41, 5.74) is 0.464. The predicted molar refractivity (Wildman–Crippen MR) is 84.4 cm³/mol. The molecule has 0 saturated heterocycles. The summed E-state index contributed by atoms with van der Waals surface area (Å²) in [6, 6.07) is 6.27. The van der Waals surface area contributed by atoms with E-state index in [2.05, 4.69) is 5.32 Å². The van der Waals surface area contributed by atoms with Gasteiger partial charge in [-0.05, 0) is 24.5 Å². The van der Waals surface area contributed by atoms with E-state index in [9.17, 15) is 17.6 Å². The molecule has 0 heterocycles. The SMILES string of the molecule is CCCNC(=O)CCN(CCc1ccccc1F)S(C)(=O)=O. The highest BCUT2D eigenvalue weighted by Crippen LogP contribution is 2.09. The minimum absolute atomic E-state index is 0.100. The Balaban J connectivity index is 2.59. The van der Waals surface area contributed by atoms with Crippen LogP contribution >= 0.6 is 0 Å². The monoisotopic (exact) mass is 330 g/mol. The van der Waals surface area contributed by atoms with Gasteiger partial charge in [-0.2, -0.15) is 0 Å². The van der Waals surface area contributed by atoms with Crippen LogP contribution in [0.2, 0.25) is 0 Å². The number of hydrogen-bond acceptors (Lipinski definition) is 3. The number of amides is 1. The Morgan fingerprint density at radius 3 is 2.55 bits per heavy atom. The van der Waals surface area contributed by atoms with Crippen molar-refractivity contribution in [2.75, 3.05) is 25.9 Å². The van der Waals surface area contributed by atoms with E-state index < -0.39 is 10.0 Å². The van der Waals surface area contributed by atoms with Crippen molar-refractivity contribution in [2.24, 2.45) is 0 Å². The second-order valence-corrected chi connectivity index (χ2v) is 7.09. The summed E-state index contributed by atoms with van der Waals surface area (Å²) < 4.78 is 38.3. The molecule has 0 spiro atoms. The van der Waals surface area contributed by atoms with Crippen molar-refractivity contribution in [3.8, 4) is 0 Å². The molecule has 0 aliphatic carbocycles. The largest absolute Gasteiger partial charge is 0.356 e. The lowest BCUT2D eigenvalue weighted by Gasteiger charge is -2.19. The van der Waals surface area contributed by atoms with Crippen LogP contribution in [0.5, 0.6) is 0 Å². The Morgan fingerprint density at radius 2 is 1.95 bits per heavy atom. The summed E-state index contributed by atoms with van der Waals surface area (Å²) in [6.45, 7) is 2.77. The molecule has 1 amide bonds. The lowest BCUT2D eigenvalue weighted by Crippen LogP contribution is -2.36. The quantitative estimate of drug-likeness (QED) is 0.747. The number of sulfonamides is 1. The van der Waals surface area contributed by atoms with E-state index in [4.69, 9.17) is 0 Å². The Labute approximate surface area is 131 Å². The van der Waals surface area contributed by atoms with E-state index in [0.717, 1.165) is 12.7 Å². The highest BCUT2D eigenvalue weighted by molar-refractivity contribution is 7.88. The molecule has 0 radical (unpaired) electrons. The topological polar surface area (TPSA) is 66.5 Å². The molecule has 0 fully saturated rings. The molecule has 0 unspecified atom stereocenters. The molecule has 5 nitrogen and oxygen atoms in total. The van der Waals surface area contributed by atoms with Crippen molar-refractivity contribution in [3.05, 3.63) is 35.6 Å². The molecule has 1 rings (SSSR count).